The molecule has 0 aliphatic carbocycles. The molecule has 14 heavy (non-hydrogen) atoms. The highest BCUT2D eigenvalue weighted by molar-refractivity contribution is 6.32. The Kier molecular flexibility index (Phi) is 1.93. The highest BCUT2D eigenvalue weighted by Gasteiger charge is 2.05. The van der Waals surface area contributed by atoms with Gasteiger partial charge in [0.2, 0.25) is 0 Å². The van der Waals surface area contributed by atoms with E-state index in [0.29, 0.717) is 15.9 Å². The average molecular weight is 212 g/mol. The molecule has 1 aromatic heterocycles. The monoisotopic (exact) mass is 211 g/mol. The van der Waals surface area contributed by atoms with Gasteiger partial charge in [-0.3, -0.25) is 4.98 Å². The van der Waals surface area contributed by atoms with Crippen LogP contribution in [0.4, 0.5) is 0 Å². The maximum absolute atomic E-state index is 11.2. The van der Waals surface area contributed by atoms with Crippen LogP contribution in [0.25, 0.3) is 10.9 Å². The summed E-state index contributed by atoms with van der Waals surface area (Å²) in [4.78, 5) is 24.5. The lowest BCUT2D eigenvalue weighted by molar-refractivity contribution is 0.460. The Labute approximate surface area is 83.1 Å². The third-order valence-corrected chi connectivity index (χ3v) is 2.35. The van der Waals surface area contributed by atoms with Crippen molar-refractivity contribution in [1.29, 1.82) is 0 Å². The average Bonchev–Trinajstić information content (AvgIpc) is 2.08. The Bertz CT molecular complexity index is 611. The Morgan fingerprint density at radius 3 is 2.79 bits per heavy atom. The predicted octanol–water partition coefficient (Wildman–Crippen LogP) is 1.44. The molecule has 0 saturated carbocycles. The summed E-state index contributed by atoms with van der Waals surface area (Å²) >= 11 is 5.84. The highest BCUT2D eigenvalue weighted by atomic mass is 35.5. The Hall–Kier alpha value is -1.55. The third kappa shape index (κ3) is 1.33. The zero-order valence-electron chi connectivity index (χ0n) is 7.26. The lowest BCUT2D eigenvalue weighted by Crippen LogP contribution is -2.14. The maximum atomic E-state index is 11.2. The van der Waals surface area contributed by atoms with E-state index in [4.69, 9.17) is 11.6 Å². The van der Waals surface area contributed by atoms with Crippen molar-refractivity contribution in [3.05, 3.63) is 43.7 Å². The molecule has 2 rings (SSSR count). The topological polar surface area (TPSA) is 63.1 Å². The molecule has 0 amide bonds. The van der Waals surface area contributed by atoms with E-state index < -0.39 is 11.4 Å². The van der Waals surface area contributed by atoms with Gasteiger partial charge in [0.25, 0.3) is 0 Å². The molecule has 0 fully saturated rings. The fourth-order valence-corrected chi connectivity index (χ4v) is 1.39. The number of halogens is 1. The molecular formula is C9H6ClNO3. The van der Waals surface area contributed by atoms with Crippen molar-refractivity contribution in [2.24, 2.45) is 0 Å². The minimum Gasteiger partial charge on any atom is -0.372 e. The van der Waals surface area contributed by atoms with E-state index >= 15 is 0 Å². The van der Waals surface area contributed by atoms with E-state index in [-0.39, 0.29) is 0 Å². The van der Waals surface area contributed by atoms with Gasteiger partial charge in [-0.25, -0.2) is 9.59 Å². The molecule has 0 unspecified atom stereocenters. The zero-order valence-corrected chi connectivity index (χ0v) is 8.01. The largest absolute Gasteiger partial charge is 0.419 e. The van der Waals surface area contributed by atoms with Gasteiger partial charge in [-0.05, 0) is 24.6 Å². The predicted molar refractivity (Wildman–Crippen MR) is 52.9 cm³/mol. The van der Waals surface area contributed by atoms with Crippen molar-refractivity contribution >= 4 is 22.5 Å². The fraction of sp³-hybridized carbons (Fsp3) is 0.111. The SMILES string of the molecule is Cc1cc2c(=O)oc(=O)[nH]c2cc1Cl. The first-order valence-corrected chi connectivity index (χ1v) is 4.29. The molecule has 1 heterocycles. The summed E-state index contributed by atoms with van der Waals surface area (Å²) in [7, 11) is 0. The molecule has 0 spiro atoms. The van der Waals surface area contributed by atoms with Gasteiger partial charge in [-0.2, -0.15) is 0 Å². The van der Waals surface area contributed by atoms with Crippen LogP contribution >= 0.6 is 11.6 Å². The lowest BCUT2D eigenvalue weighted by atomic mass is 10.2. The molecule has 0 aliphatic heterocycles. The number of rotatable bonds is 0. The van der Waals surface area contributed by atoms with Crippen molar-refractivity contribution < 1.29 is 4.42 Å². The summed E-state index contributed by atoms with van der Waals surface area (Å²) in [6.45, 7) is 1.77. The van der Waals surface area contributed by atoms with Crippen molar-refractivity contribution in [3.8, 4) is 0 Å². The molecule has 0 aliphatic rings. The third-order valence-electron chi connectivity index (χ3n) is 1.94. The smallest absolute Gasteiger partial charge is 0.372 e. The summed E-state index contributed by atoms with van der Waals surface area (Å²) in [5.41, 5.74) is 0.504. The van der Waals surface area contributed by atoms with Gasteiger partial charge in [0.15, 0.2) is 0 Å². The summed E-state index contributed by atoms with van der Waals surface area (Å²) in [6.07, 6.45) is 0. The molecule has 0 radical (unpaired) electrons. The molecule has 5 heteroatoms. The van der Waals surface area contributed by atoms with Crippen LogP contribution in [0.2, 0.25) is 5.02 Å². The van der Waals surface area contributed by atoms with Crippen LogP contribution in [0, 0.1) is 6.92 Å². The van der Waals surface area contributed by atoms with Crippen molar-refractivity contribution in [3.63, 3.8) is 0 Å². The molecule has 72 valence electrons. The molecule has 0 bridgehead atoms. The van der Waals surface area contributed by atoms with Crippen LogP contribution in [-0.2, 0) is 0 Å². The number of aromatic amines is 1. The van der Waals surface area contributed by atoms with Gasteiger partial charge in [0.1, 0.15) is 0 Å². The van der Waals surface area contributed by atoms with E-state index in [2.05, 4.69) is 9.40 Å². The minimum absolute atomic E-state index is 0.325. The molecule has 1 aromatic carbocycles. The number of fused-ring (bicyclic) bond motifs is 1. The number of hydrogen-bond acceptors (Lipinski definition) is 3. The van der Waals surface area contributed by atoms with E-state index in [0.717, 1.165) is 5.56 Å². The van der Waals surface area contributed by atoms with E-state index in [1.165, 1.54) is 6.07 Å². The number of aryl methyl sites for hydroxylation is 1. The number of nitrogens with one attached hydrogen (secondary N) is 1. The Morgan fingerprint density at radius 1 is 1.36 bits per heavy atom. The van der Waals surface area contributed by atoms with Gasteiger partial charge >= 0.3 is 11.4 Å². The standard InChI is InChI=1S/C9H6ClNO3/c1-4-2-5-7(3-6(4)10)11-9(13)14-8(5)12/h2-3H,1H3,(H,11,13). The van der Waals surface area contributed by atoms with Gasteiger partial charge in [-0.1, -0.05) is 11.6 Å². The normalized spacial score (nSPS) is 10.7. The van der Waals surface area contributed by atoms with Crippen molar-refractivity contribution in [1.82, 2.24) is 4.98 Å². The molecule has 0 atom stereocenters. The number of H-pyrrole nitrogens is 1. The number of hydrogen-bond donors (Lipinski definition) is 1. The maximum Gasteiger partial charge on any atom is 0.419 e. The van der Waals surface area contributed by atoms with Gasteiger partial charge in [-0.15, -0.1) is 0 Å². The highest BCUT2D eigenvalue weighted by Crippen LogP contribution is 2.18. The van der Waals surface area contributed by atoms with Crippen molar-refractivity contribution in [2.45, 2.75) is 6.92 Å². The second kappa shape index (κ2) is 2.99. The Morgan fingerprint density at radius 2 is 2.07 bits per heavy atom. The molecular weight excluding hydrogens is 206 g/mol. The number of benzene rings is 1. The van der Waals surface area contributed by atoms with E-state index in [9.17, 15) is 9.59 Å². The first-order valence-electron chi connectivity index (χ1n) is 3.91. The van der Waals surface area contributed by atoms with Crippen LogP contribution in [0.1, 0.15) is 5.56 Å². The Balaban J connectivity index is 3.03. The van der Waals surface area contributed by atoms with Gasteiger partial charge < -0.3 is 4.42 Å². The summed E-state index contributed by atoms with van der Waals surface area (Å²) < 4.78 is 4.38. The molecule has 1 N–H and O–H groups in total. The molecule has 4 nitrogen and oxygen atoms in total. The number of aromatic nitrogens is 1. The summed E-state index contributed by atoms with van der Waals surface area (Å²) in [5, 5.41) is 0.824. The molecule has 0 saturated heterocycles. The van der Waals surface area contributed by atoms with Crippen LogP contribution in [0.3, 0.4) is 0 Å². The minimum atomic E-state index is -0.776. The summed E-state index contributed by atoms with van der Waals surface area (Å²) in [5.74, 6) is -0.776. The van der Waals surface area contributed by atoms with Crippen molar-refractivity contribution in [2.75, 3.05) is 0 Å². The lowest BCUT2D eigenvalue weighted by Gasteiger charge is -1.99. The van der Waals surface area contributed by atoms with E-state index in [1.807, 2.05) is 0 Å². The second-order valence-corrected chi connectivity index (χ2v) is 3.36. The first kappa shape index (κ1) is 9.02. The first-order chi connectivity index (χ1) is 6.58. The van der Waals surface area contributed by atoms with Gasteiger partial charge in [0.05, 0.1) is 10.9 Å². The molecule has 2 aromatic rings. The van der Waals surface area contributed by atoms with Crippen LogP contribution in [0.5, 0.6) is 0 Å². The fourth-order valence-electron chi connectivity index (χ4n) is 1.23. The van der Waals surface area contributed by atoms with Crippen LogP contribution < -0.4 is 11.4 Å². The second-order valence-electron chi connectivity index (χ2n) is 2.95. The van der Waals surface area contributed by atoms with Crippen LogP contribution in [-0.4, -0.2) is 4.98 Å². The van der Waals surface area contributed by atoms with Gasteiger partial charge in [0, 0.05) is 5.02 Å². The van der Waals surface area contributed by atoms with Crippen LogP contribution in [0.15, 0.2) is 26.1 Å². The summed E-state index contributed by atoms with van der Waals surface area (Å²) in [6, 6.07) is 3.12. The van der Waals surface area contributed by atoms with E-state index in [1.54, 1.807) is 13.0 Å². The zero-order chi connectivity index (χ0) is 10.3. The quantitative estimate of drug-likeness (QED) is 0.717.